The lowest BCUT2D eigenvalue weighted by Crippen LogP contribution is -2.57. The number of ketones is 1. The summed E-state index contributed by atoms with van der Waals surface area (Å²) in [4.78, 5) is 36.5. The topological polar surface area (TPSA) is 80.6 Å². The number of hydrogen-bond donors (Lipinski definition) is 0. The van der Waals surface area contributed by atoms with Crippen LogP contribution in [-0.2, 0) is 11.3 Å². The highest BCUT2D eigenvalue weighted by Gasteiger charge is 2.60. The van der Waals surface area contributed by atoms with E-state index in [9.17, 15) is 22.8 Å². The van der Waals surface area contributed by atoms with E-state index >= 15 is 0 Å². The minimum absolute atomic E-state index is 0.0930. The van der Waals surface area contributed by atoms with Crippen molar-refractivity contribution in [2.45, 2.75) is 38.1 Å². The molecule has 0 spiro atoms. The van der Waals surface area contributed by atoms with Gasteiger partial charge < -0.3 is 14.5 Å². The van der Waals surface area contributed by atoms with Crippen LogP contribution in [0.4, 0.5) is 24.9 Å². The molecule has 0 radical (unpaired) electrons. The van der Waals surface area contributed by atoms with Crippen molar-refractivity contribution in [2.75, 3.05) is 36.1 Å². The van der Waals surface area contributed by atoms with Crippen LogP contribution in [0.1, 0.15) is 24.2 Å². The fraction of sp³-hybridized carbons (Fsp3) is 0.500. The van der Waals surface area contributed by atoms with Crippen LogP contribution in [0.25, 0.3) is 0 Å². The zero-order valence-electron chi connectivity index (χ0n) is 17.1. The van der Waals surface area contributed by atoms with E-state index in [1.807, 2.05) is 11.8 Å². The van der Waals surface area contributed by atoms with Crippen LogP contribution in [0.2, 0.25) is 0 Å². The van der Waals surface area contributed by atoms with Gasteiger partial charge in [0.15, 0.2) is 11.3 Å². The van der Waals surface area contributed by atoms with E-state index in [0.29, 0.717) is 19.8 Å². The first-order valence-corrected chi connectivity index (χ1v) is 9.86. The van der Waals surface area contributed by atoms with Gasteiger partial charge in [-0.1, -0.05) is 0 Å². The highest BCUT2D eigenvalue weighted by Crippen LogP contribution is 2.43. The molecule has 0 aromatic carbocycles. The highest BCUT2D eigenvalue weighted by atomic mass is 19.4. The highest BCUT2D eigenvalue weighted by molar-refractivity contribution is 5.99. The predicted molar refractivity (Wildman–Crippen MR) is 106 cm³/mol. The summed E-state index contributed by atoms with van der Waals surface area (Å²) in [6, 6.07) is 4.18. The Bertz CT molecular complexity index is 1040. The van der Waals surface area contributed by atoms with E-state index in [0.717, 1.165) is 16.4 Å². The minimum Gasteiger partial charge on any atom is -0.377 e. The number of halogens is 3. The molecule has 8 nitrogen and oxygen atoms in total. The Hall–Kier alpha value is -2.95. The number of anilines is 2. The van der Waals surface area contributed by atoms with Crippen LogP contribution in [0.15, 0.2) is 35.4 Å². The van der Waals surface area contributed by atoms with Crippen molar-refractivity contribution >= 4 is 17.5 Å². The van der Waals surface area contributed by atoms with Gasteiger partial charge >= 0.3 is 6.18 Å². The fourth-order valence-corrected chi connectivity index (χ4v) is 3.92. The molecule has 0 N–H and O–H groups in total. The number of morpholine rings is 1. The van der Waals surface area contributed by atoms with Crippen LogP contribution >= 0.6 is 0 Å². The Morgan fingerprint density at radius 2 is 2.16 bits per heavy atom. The molecule has 2 aliphatic rings. The molecule has 0 amide bonds. The van der Waals surface area contributed by atoms with Crippen LogP contribution in [0.3, 0.4) is 0 Å². The normalized spacial score (nSPS) is 23.7. The molecule has 2 aromatic heterocycles. The summed E-state index contributed by atoms with van der Waals surface area (Å²) in [5.74, 6) is -0.438. The van der Waals surface area contributed by atoms with Gasteiger partial charge in [0, 0.05) is 30.6 Å². The van der Waals surface area contributed by atoms with Crippen molar-refractivity contribution < 1.29 is 22.7 Å². The lowest BCUT2D eigenvalue weighted by molar-refractivity contribution is -0.181. The first-order valence-electron chi connectivity index (χ1n) is 9.86. The van der Waals surface area contributed by atoms with Crippen molar-refractivity contribution in [2.24, 2.45) is 0 Å². The number of nitrogens with zero attached hydrogens (tertiary/aromatic N) is 5. The standard InChI is InChI=1S/C20H22F3N5O3/c1-13-11-31-7-6-26(13)16-8-17(30)27-12-19(2,20(21,22)23)28(18(27)25-16)10-15(29)14-4-3-5-24-9-14/h3-5,8-9,13H,6-7,10-12H2,1-2H3. The molecule has 1 saturated heterocycles. The third-order valence-corrected chi connectivity index (χ3v) is 5.84. The molecule has 2 aromatic rings. The van der Waals surface area contributed by atoms with Gasteiger partial charge in [0.05, 0.1) is 32.3 Å². The summed E-state index contributed by atoms with van der Waals surface area (Å²) >= 11 is 0. The maximum absolute atomic E-state index is 14.1. The third-order valence-electron chi connectivity index (χ3n) is 5.84. The Labute approximate surface area is 176 Å². The van der Waals surface area contributed by atoms with E-state index in [1.54, 1.807) is 0 Å². The summed E-state index contributed by atoms with van der Waals surface area (Å²) in [5.41, 5.74) is -2.87. The van der Waals surface area contributed by atoms with Gasteiger partial charge in [-0.2, -0.15) is 18.2 Å². The van der Waals surface area contributed by atoms with Crippen LogP contribution in [0.5, 0.6) is 0 Å². The van der Waals surface area contributed by atoms with Crippen LogP contribution < -0.4 is 15.4 Å². The van der Waals surface area contributed by atoms with E-state index in [1.165, 1.54) is 30.6 Å². The number of pyridine rings is 1. The zero-order valence-corrected chi connectivity index (χ0v) is 17.1. The van der Waals surface area contributed by atoms with Gasteiger partial charge in [0.25, 0.3) is 5.56 Å². The molecule has 166 valence electrons. The van der Waals surface area contributed by atoms with E-state index in [-0.39, 0.29) is 23.4 Å². The number of carbonyl (C=O) groups is 1. The summed E-state index contributed by atoms with van der Waals surface area (Å²) in [5, 5.41) is 0. The van der Waals surface area contributed by atoms with E-state index in [4.69, 9.17) is 4.74 Å². The second kappa shape index (κ2) is 7.63. The number of Topliss-reactive ketones (excluding diaryl/α,β-unsaturated/α-hetero) is 1. The number of rotatable bonds is 4. The van der Waals surface area contributed by atoms with Gasteiger partial charge in [0.1, 0.15) is 5.82 Å². The second-order valence-electron chi connectivity index (χ2n) is 7.98. The van der Waals surface area contributed by atoms with E-state index < -0.39 is 36.1 Å². The molecule has 2 aliphatic heterocycles. The second-order valence-corrected chi connectivity index (χ2v) is 7.98. The molecule has 31 heavy (non-hydrogen) atoms. The largest absolute Gasteiger partial charge is 0.413 e. The molecule has 2 atom stereocenters. The van der Waals surface area contributed by atoms with Gasteiger partial charge in [-0.3, -0.25) is 19.1 Å². The predicted octanol–water partition coefficient (Wildman–Crippen LogP) is 1.89. The Morgan fingerprint density at radius 1 is 1.39 bits per heavy atom. The number of carbonyl (C=O) groups excluding carboxylic acids is 1. The van der Waals surface area contributed by atoms with Crippen molar-refractivity contribution in [3.8, 4) is 0 Å². The maximum Gasteiger partial charge on any atom is 0.413 e. The molecule has 1 fully saturated rings. The average Bonchev–Trinajstić information content (AvgIpc) is 3.02. The smallest absolute Gasteiger partial charge is 0.377 e. The van der Waals surface area contributed by atoms with Gasteiger partial charge in [0.2, 0.25) is 5.95 Å². The lowest BCUT2D eigenvalue weighted by atomic mass is 10.00. The van der Waals surface area contributed by atoms with Crippen LogP contribution in [-0.4, -0.2) is 64.4 Å². The van der Waals surface area contributed by atoms with Crippen molar-refractivity contribution in [1.82, 2.24) is 14.5 Å². The Morgan fingerprint density at radius 3 is 2.81 bits per heavy atom. The number of ether oxygens (including phenoxy) is 1. The molecule has 0 bridgehead atoms. The summed E-state index contributed by atoms with van der Waals surface area (Å²) in [7, 11) is 0. The van der Waals surface area contributed by atoms with E-state index in [2.05, 4.69) is 9.97 Å². The quantitative estimate of drug-likeness (QED) is 0.676. The molecule has 4 heterocycles. The SMILES string of the molecule is CC1COCCN1c1cc(=O)n2c(n1)N(CC(=O)c1cccnc1)C(C)(C(F)(F)F)C2. The molecule has 4 rings (SSSR count). The summed E-state index contributed by atoms with van der Waals surface area (Å²) in [6.45, 7) is 2.94. The van der Waals surface area contributed by atoms with Crippen molar-refractivity contribution in [3.05, 3.63) is 46.5 Å². The zero-order chi connectivity index (χ0) is 22.4. The van der Waals surface area contributed by atoms with Crippen molar-refractivity contribution in [1.29, 1.82) is 0 Å². The monoisotopic (exact) mass is 437 g/mol. The molecule has 11 heteroatoms. The number of fused-ring (bicyclic) bond motifs is 1. The number of hydrogen-bond acceptors (Lipinski definition) is 7. The maximum atomic E-state index is 14.1. The third kappa shape index (κ3) is 3.67. The Kier molecular flexibility index (Phi) is 5.24. The van der Waals surface area contributed by atoms with Gasteiger partial charge in [-0.25, -0.2) is 0 Å². The number of aromatic nitrogens is 3. The molecule has 2 unspecified atom stereocenters. The number of alkyl halides is 3. The molecular weight excluding hydrogens is 415 g/mol. The Balaban J connectivity index is 1.78. The fourth-order valence-electron chi connectivity index (χ4n) is 3.92. The first kappa shape index (κ1) is 21.3. The lowest BCUT2D eigenvalue weighted by Gasteiger charge is -2.37. The summed E-state index contributed by atoms with van der Waals surface area (Å²) < 4.78 is 48.8. The molecule has 0 saturated carbocycles. The van der Waals surface area contributed by atoms with Crippen LogP contribution in [0, 0.1) is 0 Å². The first-order chi connectivity index (χ1) is 14.6. The van der Waals surface area contributed by atoms with Gasteiger partial charge in [-0.05, 0) is 26.0 Å². The summed E-state index contributed by atoms with van der Waals surface area (Å²) in [6.07, 6.45) is -1.93. The molecular formula is C20H22F3N5O3. The average molecular weight is 437 g/mol. The minimum atomic E-state index is -4.70. The van der Waals surface area contributed by atoms with Crippen molar-refractivity contribution in [3.63, 3.8) is 0 Å². The molecule has 0 aliphatic carbocycles. The van der Waals surface area contributed by atoms with Gasteiger partial charge in [-0.15, -0.1) is 0 Å².